The van der Waals surface area contributed by atoms with Crippen LogP contribution >= 0.6 is 23.2 Å². The van der Waals surface area contributed by atoms with Crippen LogP contribution in [0.4, 0.5) is 5.69 Å². The molecule has 0 bridgehead atoms. The van der Waals surface area contributed by atoms with Gasteiger partial charge in [-0.3, -0.25) is 13.9 Å². The average molecular weight is 621 g/mol. The summed E-state index contributed by atoms with van der Waals surface area (Å²) >= 11 is 12.4. The lowest BCUT2D eigenvalue weighted by Gasteiger charge is -2.34. The van der Waals surface area contributed by atoms with E-state index in [9.17, 15) is 18.0 Å². The van der Waals surface area contributed by atoms with Crippen LogP contribution in [0.25, 0.3) is 0 Å². The third kappa shape index (κ3) is 7.93. The van der Waals surface area contributed by atoms with Crippen molar-refractivity contribution in [1.29, 1.82) is 0 Å². The highest BCUT2D eigenvalue weighted by Gasteiger charge is 2.35. The SMILES string of the molecule is CC[C@H](C(=O)N[C@@H](C)CC)N(Cc1ccc(Cl)c(Cl)c1)C(=O)CN(c1ccccc1OC)S(=O)(=O)c1ccccc1. The molecular formula is C30H35Cl2N3O5S. The summed E-state index contributed by atoms with van der Waals surface area (Å²) in [7, 11) is -2.78. The number of carbonyl (C=O) groups is 2. The second-order valence-corrected chi connectivity index (χ2v) is 12.2. The zero-order chi connectivity index (χ0) is 30.2. The van der Waals surface area contributed by atoms with Gasteiger partial charge in [0.2, 0.25) is 11.8 Å². The minimum atomic E-state index is -4.21. The van der Waals surface area contributed by atoms with Gasteiger partial charge >= 0.3 is 0 Å². The normalized spacial score (nSPS) is 12.7. The van der Waals surface area contributed by atoms with E-state index in [-0.39, 0.29) is 34.8 Å². The molecule has 0 unspecified atom stereocenters. The first-order valence-electron chi connectivity index (χ1n) is 13.3. The summed E-state index contributed by atoms with van der Waals surface area (Å²) in [5, 5.41) is 3.60. The summed E-state index contributed by atoms with van der Waals surface area (Å²) in [5.41, 5.74) is 0.830. The zero-order valence-corrected chi connectivity index (χ0v) is 25.8. The van der Waals surface area contributed by atoms with Crippen LogP contribution in [0.1, 0.15) is 39.2 Å². The van der Waals surface area contributed by atoms with Crippen molar-refractivity contribution in [3.63, 3.8) is 0 Å². The molecule has 8 nitrogen and oxygen atoms in total. The molecule has 2 amide bonds. The Labute approximate surface area is 252 Å². The summed E-state index contributed by atoms with van der Waals surface area (Å²) < 4.78 is 34.4. The number of methoxy groups -OCH3 is 1. The topological polar surface area (TPSA) is 96.0 Å². The first kappa shape index (κ1) is 32.2. The van der Waals surface area contributed by atoms with E-state index in [4.69, 9.17) is 27.9 Å². The molecule has 0 aliphatic rings. The van der Waals surface area contributed by atoms with Gasteiger partial charge in [0.1, 0.15) is 18.3 Å². The number of hydrogen-bond donors (Lipinski definition) is 1. The lowest BCUT2D eigenvalue weighted by Crippen LogP contribution is -2.53. The van der Waals surface area contributed by atoms with E-state index in [0.717, 1.165) is 4.31 Å². The molecular weight excluding hydrogens is 585 g/mol. The fourth-order valence-corrected chi connectivity index (χ4v) is 6.03. The molecule has 3 rings (SSSR count). The van der Waals surface area contributed by atoms with Crippen LogP contribution in [0.5, 0.6) is 5.75 Å². The lowest BCUT2D eigenvalue weighted by molar-refractivity contribution is -0.140. The molecule has 0 saturated carbocycles. The highest BCUT2D eigenvalue weighted by Crippen LogP contribution is 2.33. The summed E-state index contributed by atoms with van der Waals surface area (Å²) in [6, 6.07) is 18.4. The number of ether oxygens (including phenoxy) is 1. The van der Waals surface area contributed by atoms with Gasteiger partial charge in [0, 0.05) is 12.6 Å². The molecule has 0 saturated heterocycles. The van der Waals surface area contributed by atoms with Gasteiger partial charge in [0.05, 0.1) is 27.7 Å². The molecule has 0 aromatic heterocycles. The van der Waals surface area contributed by atoms with Crippen molar-refractivity contribution in [2.75, 3.05) is 18.0 Å². The van der Waals surface area contributed by atoms with Crippen molar-refractivity contribution in [3.8, 4) is 5.75 Å². The van der Waals surface area contributed by atoms with E-state index in [0.29, 0.717) is 28.5 Å². The van der Waals surface area contributed by atoms with Crippen molar-refractivity contribution >= 4 is 50.7 Å². The van der Waals surface area contributed by atoms with Crippen LogP contribution < -0.4 is 14.4 Å². The number of benzene rings is 3. The number of nitrogens with zero attached hydrogens (tertiary/aromatic N) is 2. The third-order valence-electron chi connectivity index (χ3n) is 6.69. The van der Waals surface area contributed by atoms with Crippen molar-refractivity contribution in [1.82, 2.24) is 10.2 Å². The summed E-state index contributed by atoms with van der Waals surface area (Å²) in [5.74, 6) is -0.630. The van der Waals surface area contributed by atoms with E-state index >= 15 is 0 Å². The number of para-hydroxylation sites is 2. The van der Waals surface area contributed by atoms with Crippen molar-refractivity contribution in [2.45, 2.75) is 57.1 Å². The van der Waals surface area contributed by atoms with E-state index in [2.05, 4.69) is 5.32 Å². The zero-order valence-electron chi connectivity index (χ0n) is 23.5. The molecule has 41 heavy (non-hydrogen) atoms. The standard InChI is InChI=1S/C30H35Cl2N3O5S/c1-5-21(3)33-30(37)26(6-2)34(19-22-16-17-24(31)25(32)18-22)29(36)20-35(27-14-10-11-15-28(27)40-4)41(38,39)23-12-8-7-9-13-23/h7-18,21,26H,5-6,19-20H2,1-4H3,(H,33,37)/t21-,26+/m0/s1. The minimum absolute atomic E-state index is 0.00725. The second-order valence-electron chi connectivity index (χ2n) is 9.51. The van der Waals surface area contributed by atoms with Crippen LogP contribution in [0, 0.1) is 0 Å². The predicted molar refractivity (Wildman–Crippen MR) is 163 cm³/mol. The molecule has 0 aliphatic carbocycles. The molecule has 220 valence electrons. The quantitative estimate of drug-likeness (QED) is 0.256. The number of rotatable bonds is 13. The Kier molecular flexibility index (Phi) is 11.5. The van der Waals surface area contributed by atoms with Crippen LogP contribution in [0.2, 0.25) is 10.0 Å². The number of halogens is 2. The maximum absolute atomic E-state index is 14.2. The largest absolute Gasteiger partial charge is 0.495 e. The van der Waals surface area contributed by atoms with Crippen LogP contribution in [-0.4, -0.2) is 50.9 Å². The van der Waals surface area contributed by atoms with Gasteiger partial charge in [-0.1, -0.05) is 73.4 Å². The fraction of sp³-hybridized carbons (Fsp3) is 0.333. The highest BCUT2D eigenvalue weighted by molar-refractivity contribution is 7.92. The Bertz CT molecular complexity index is 1450. The molecule has 0 spiro atoms. The van der Waals surface area contributed by atoms with Crippen LogP contribution in [-0.2, 0) is 26.2 Å². The monoisotopic (exact) mass is 619 g/mol. The smallest absolute Gasteiger partial charge is 0.264 e. The lowest BCUT2D eigenvalue weighted by atomic mass is 10.1. The van der Waals surface area contributed by atoms with Gasteiger partial charge in [-0.15, -0.1) is 0 Å². The Morgan fingerprint density at radius 1 is 0.927 bits per heavy atom. The molecule has 11 heteroatoms. The molecule has 3 aromatic rings. The van der Waals surface area contributed by atoms with Gasteiger partial charge in [0.25, 0.3) is 10.0 Å². The molecule has 1 N–H and O–H groups in total. The van der Waals surface area contributed by atoms with E-state index in [1.54, 1.807) is 67.6 Å². The average Bonchev–Trinajstić information content (AvgIpc) is 2.97. The number of carbonyl (C=O) groups excluding carboxylic acids is 2. The summed E-state index contributed by atoms with van der Waals surface area (Å²) in [4.78, 5) is 28.9. The van der Waals surface area contributed by atoms with E-state index in [1.165, 1.54) is 24.1 Å². The van der Waals surface area contributed by atoms with Gasteiger partial charge < -0.3 is 15.0 Å². The molecule has 2 atom stereocenters. The summed E-state index contributed by atoms with van der Waals surface area (Å²) in [6.45, 7) is 5.06. The van der Waals surface area contributed by atoms with Gasteiger partial charge in [-0.25, -0.2) is 8.42 Å². The number of hydrogen-bond acceptors (Lipinski definition) is 5. The van der Waals surface area contributed by atoms with Gasteiger partial charge in [-0.2, -0.15) is 0 Å². The van der Waals surface area contributed by atoms with Crippen molar-refractivity contribution in [2.24, 2.45) is 0 Å². The summed E-state index contributed by atoms with van der Waals surface area (Å²) in [6.07, 6.45) is 1.01. The van der Waals surface area contributed by atoms with Crippen LogP contribution in [0.15, 0.2) is 77.7 Å². The first-order chi connectivity index (χ1) is 19.5. The number of amides is 2. The van der Waals surface area contributed by atoms with Gasteiger partial charge in [0.15, 0.2) is 0 Å². The van der Waals surface area contributed by atoms with Gasteiger partial charge in [-0.05, 0) is 61.7 Å². The van der Waals surface area contributed by atoms with Crippen LogP contribution in [0.3, 0.4) is 0 Å². The number of sulfonamides is 1. The van der Waals surface area contributed by atoms with E-state index in [1.807, 2.05) is 13.8 Å². The fourth-order valence-electron chi connectivity index (χ4n) is 4.26. The van der Waals surface area contributed by atoms with Crippen molar-refractivity contribution in [3.05, 3.63) is 88.4 Å². The predicted octanol–water partition coefficient (Wildman–Crippen LogP) is 5.92. The maximum Gasteiger partial charge on any atom is 0.264 e. The van der Waals surface area contributed by atoms with E-state index < -0.39 is 28.5 Å². The molecule has 0 aliphatic heterocycles. The molecule has 0 radical (unpaired) electrons. The molecule has 3 aromatic carbocycles. The second kappa shape index (κ2) is 14.6. The van der Waals surface area contributed by atoms with Crippen molar-refractivity contribution < 1.29 is 22.7 Å². The number of nitrogens with one attached hydrogen (secondary N) is 1. The Morgan fingerprint density at radius 3 is 2.20 bits per heavy atom. The minimum Gasteiger partial charge on any atom is -0.495 e. The maximum atomic E-state index is 14.2. The highest BCUT2D eigenvalue weighted by atomic mass is 35.5. The Morgan fingerprint density at radius 2 is 1.59 bits per heavy atom. The number of anilines is 1. The first-order valence-corrected chi connectivity index (χ1v) is 15.5. The Hall–Kier alpha value is -3.27. The third-order valence-corrected chi connectivity index (χ3v) is 9.20. The molecule has 0 fully saturated rings. The Balaban J connectivity index is 2.10. The molecule has 0 heterocycles.